The maximum atomic E-state index is 3.66. The quantitative estimate of drug-likeness (QED) is 0.771. The van der Waals surface area contributed by atoms with Crippen molar-refractivity contribution in [3.8, 4) is 0 Å². The number of rotatable bonds is 7. The van der Waals surface area contributed by atoms with Crippen molar-refractivity contribution in [1.29, 1.82) is 0 Å². The van der Waals surface area contributed by atoms with Crippen molar-refractivity contribution in [3.63, 3.8) is 0 Å². The van der Waals surface area contributed by atoms with E-state index in [0.717, 1.165) is 29.5 Å². The van der Waals surface area contributed by atoms with Gasteiger partial charge < -0.3 is 10.2 Å². The van der Waals surface area contributed by atoms with Crippen LogP contribution in [0.5, 0.6) is 0 Å². The molecule has 0 radical (unpaired) electrons. The van der Waals surface area contributed by atoms with Gasteiger partial charge in [0.25, 0.3) is 0 Å². The van der Waals surface area contributed by atoms with Gasteiger partial charge >= 0.3 is 0 Å². The van der Waals surface area contributed by atoms with Crippen LogP contribution in [0.25, 0.3) is 0 Å². The molecular weight excluding hydrogens is 252 g/mol. The van der Waals surface area contributed by atoms with Crippen molar-refractivity contribution in [2.75, 3.05) is 32.7 Å². The van der Waals surface area contributed by atoms with Gasteiger partial charge in [-0.25, -0.2) is 0 Å². The molecule has 1 fully saturated rings. The van der Waals surface area contributed by atoms with E-state index in [9.17, 15) is 0 Å². The third-order valence-electron chi connectivity index (χ3n) is 4.06. The number of thioether (sulfide) groups is 1. The second-order valence-corrected chi connectivity index (χ2v) is 9.02. The smallest absolute Gasteiger partial charge is 0.0149 e. The lowest BCUT2D eigenvalue weighted by molar-refractivity contribution is 0.152. The summed E-state index contributed by atoms with van der Waals surface area (Å²) in [6, 6.07) is 0. The molecule has 1 rings (SSSR count). The van der Waals surface area contributed by atoms with Gasteiger partial charge in [-0.05, 0) is 24.3 Å². The first-order valence-electron chi connectivity index (χ1n) is 7.93. The lowest BCUT2D eigenvalue weighted by Crippen LogP contribution is -2.48. The van der Waals surface area contributed by atoms with Crippen LogP contribution in [0.3, 0.4) is 0 Å². The molecule has 1 heterocycles. The van der Waals surface area contributed by atoms with E-state index in [1.54, 1.807) is 0 Å². The standard InChI is InChI=1S/C16H34N2S/c1-7-16(6,11-17-8-13(2)3)12-18-9-14(4)19-15(5)10-18/h13-15,17H,7-12H2,1-6H3. The maximum absolute atomic E-state index is 3.66. The summed E-state index contributed by atoms with van der Waals surface area (Å²) in [5.41, 5.74) is 0.413. The largest absolute Gasteiger partial charge is 0.316 e. The maximum Gasteiger partial charge on any atom is 0.0149 e. The minimum atomic E-state index is 0.413. The first-order chi connectivity index (χ1) is 8.84. The van der Waals surface area contributed by atoms with E-state index in [-0.39, 0.29) is 0 Å². The van der Waals surface area contributed by atoms with Crippen LogP contribution >= 0.6 is 11.8 Å². The molecule has 0 saturated carbocycles. The second kappa shape index (κ2) is 7.90. The van der Waals surface area contributed by atoms with Gasteiger partial charge in [-0.15, -0.1) is 0 Å². The molecule has 1 N–H and O–H groups in total. The summed E-state index contributed by atoms with van der Waals surface area (Å²) in [4.78, 5) is 2.69. The Morgan fingerprint density at radius 3 is 2.32 bits per heavy atom. The van der Waals surface area contributed by atoms with Crippen LogP contribution in [0.2, 0.25) is 0 Å². The SMILES string of the molecule is CCC(C)(CNCC(C)C)CN1CC(C)SC(C)C1. The Balaban J connectivity index is 2.44. The van der Waals surface area contributed by atoms with E-state index in [1.165, 1.54) is 26.1 Å². The Labute approximate surface area is 125 Å². The molecule has 0 bridgehead atoms. The van der Waals surface area contributed by atoms with Crippen molar-refractivity contribution < 1.29 is 0 Å². The molecule has 3 heteroatoms. The third kappa shape index (κ3) is 6.50. The van der Waals surface area contributed by atoms with E-state index in [2.05, 4.69) is 63.5 Å². The fourth-order valence-electron chi connectivity index (χ4n) is 2.91. The molecule has 19 heavy (non-hydrogen) atoms. The molecule has 1 aliphatic rings. The topological polar surface area (TPSA) is 15.3 Å². The van der Waals surface area contributed by atoms with Crippen LogP contribution in [0.4, 0.5) is 0 Å². The van der Waals surface area contributed by atoms with Gasteiger partial charge in [-0.2, -0.15) is 11.8 Å². The Hall–Kier alpha value is 0.270. The summed E-state index contributed by atoms with van der Waals surface area (Å²) >= 11 is 2.14. The minimum absolute atomic E-state index is 0.413. The Kier molecular flexibility index (Phi) is 7.20. The van der Waals surface area contributed by atoms with Crippen molar-refractivity contribution >= 4 is 11.8 Å². The lowest BCUT2D eigenvalue weighted by Gasteiger charge is -2.40. The molecule has 0 aromatic heterocycles. The van der Waals surface area contributed by atoms with Crippen LogP contribution in [-0.4, -0.2) is 48.1 Å². The molecule has 2 nitrogen and oxygen atoms in total. The Bertz CT molecular complexity index is 247. The first kappa shape index (κ1) is 17.3. The first-order valence-corrected chi connectivity index (χ1v) is 8.87. The molecule has 0 aromatic carbocycles. The molecule has 3 unspecified atom stereocenters. The molecule has 1 aliphatic heterocycles. The molecule has 0 aliphatic carbocycles. The van der Waals surface area contributed by atoms with Crippen molar-refractivity contribution in [2.24, 2.45) is 11.3 Å². The van der Waals surface area contributed by atoms with Crippen molar-refractivity contribution in [2.45, 2.75) is 58.5 Å². The monoisotopic (exact) mass is 286 g/mol. The molecule has 0 amide bonds. The summed E-state index contributed by atoms with van der Waals surface area (Å²) in [5.74, 6) is 0.743. The van der Waals surface area contributed by atoms with Crippen molar-refractivity contribution in [3.05, 3.63) is 0 Å². The van der Waals surface area contributed by atoms with Gasteiger partial charge in [0.1, 0.15) is 0 Å². The fourth-order valence-corrected chi connectivity index (χ4v) is 4.30. The van der Waals surface area contributed by atoms with Crippen LogP contribution in [0, 0.1) is 11.3 Å². The second-order valence-electron chi connectivity index (χ2n) is 7.14. The highest BCUT2D eigenvalue weighted by Gasteiger charge is 2.29. The zero-order chi connectivity index (χ0) is 14.5. The van der Waals surface area contributed by atoms with Gasteiger partial charge in [-0.1, -0.05) is 41.5 Å². The highest BCUT2D eigenvalue weighted by atomic mass is 32.2. The van der Waals surface area contributed by atoms with Crippen LogP contribution < -0.4 is 5.32 Å². The Morgan fingerprint density at radius 1 is 1.26 bits per heavy atom. The van der Waals surface area contributed by atoms with E-state index in [1.807, 2.05) is 0 Å². The van der Waals surface area contributed by atoms with E-state index in [4.69, 9.17) is 0 Å². The van der Waals surface area contributed by atoms with E-state index in [0.29, 0.717) is 5.41 Å². The number of hydrogen-bond donors (Lipinski definition) is 1. The minimum Gasteiger partial charge on any atom is -0.316 e. The summed E-state index contributed by atoms with van der Waals surface area (Å²) in [7, 11) is 0. The predicted molar refractivity (Wildman–Crippen MR) is 89.1 cm³/mol. The van der Waals surface area contributed by atoms with E-state index >= 15 is 0 Å². The van der Waals surface area contributed by atoms with Gasteiger partial charge in [-0.3, -0.25) is 0 Å². The summed E-state index contributed by atoms with van der Waals surface area (Å²) in [5, 5.41) is 5.23. The molecule has 3 atom stereocenters. The summed E-state index contributed by atoms with van der Waals surface area (Å²) in [6.07, 6.45) is 1.25. The third-order valence-corrected chi connectivity index (χ3v) is 5.29. The molecule has 114 valence electrons. The van der Waals surface area contributed by atoms with E-state index < -0.39 is 0 Å². The zero-order valence-corrected chi connectivity index (χ0v) is 14.6. The lowest BCUT2D eigenvalue weighted by atomic mass is 9.86. The highest BCUT2D eigenvalue weighted by Crippen LogP contribution is 2.29. The molecule has 0 spiro atoms. The van der Waals surface area contributed by atoms with Crippen LogP contribution in [0.15, 0.2) is 0 Å². The summed E-state index contributed by atoms with van der Waals surface area (Å²) in [6.45, 7) is 20.1. The fraction of sp³-hybridized carbons (Fsp3) is 1.00. The van der Waals surface area contributed by atoms with Gasteiger partial charge in [0, 0.05) is 36.7 Å². The molecular formula is C16H34N2S. The number of nitrogens with zero attached hydrogens (tertiary/aromatic N) is 1. The number of hydrogen-bond acceptors (Lipinski definition) is 3. The predicted octanol–water partition coefficient (Wildman–Crippen LogP) is 3.47. The van der Waals surface area contributed by atoms with Gasteiger partial charge in [0.2, 0.25) is 0 Å². The molecule has 0 aromatic rings. The van der Waals surface area contributed by atoms with Gasteiger partial charge in [0.15, 0.2) is 0 Å². The normalized spacial score (nSPS) is 28.6. The molecule has 1 saturated heterocycles. The van der Waals surface area contributed by atoms with Crippen LogP contribution in [0.1, 0.15) is 48.0 Å². The highest BCUT2D eigenvalue weighted by molar-refractivity contribution is 8.00. The van der Waals surface area contributed by atoms with Crippen LogP contribution in [-0.2, 0) is 0 Å². The summed E-state index contributed by atoms with van der Waals surface area (Å²) < 4.78 is 0. The average molecular weight is 287 g/mol. The Morgan fingerprint density at radius 2 is 1.84 bits per heavy atom. The van der Waals surface area contributed by atoms with Crippen molar-refractivity contribution in [1.82, 2.24) is 10.2 Å². The zero-order valence-electron chi connectivity index (χ0n) is 13.8. The number of nitrogens with one attached hydrogen (secondary N) is 1. The average Bonchev–Trinajstić information content (AvgIpc) is 2.26. The van der Waals surface area contributed by atoms with Gasteiger partial charge in [0.05, 0.1) is 0 Å².